The van der Waals surface area contributed by atoms with Crippen LogP contribution >= 0.6 is 0 Å². The number of aromatic nitrogens is 1. The molecule has 1 aromatic rings. The number of allylic oxidation sites excluding steroid dienone is 1. The maximum absolute atomic E-state index is 4.34. The molecule has 2 heteroatoms. The number of nitrogens with zero attached hydrogens (tertiary/aromatic N) is 1. The van der Waals surface area contributed by atoms with Gasteiger partial charge < -0.3 is 5.32 Å². The van der Waals surface area contributed by atoms with Gasteiger partial charge in [0.15, 0.2) is 0 Å². The van der Waals surface area contributed by atoms with Crippen LogP contribution in [0.3, 0.4) is 0 Å². The first-order valence-electron chi connectivity index (χ1n) is 5.21. The Morgan fingerprint density at radius 2 is 2.36 bits per heavy atom. The largest absolute Gasteiger partial charge is 0.309 e. The smallest absolute Gasteiger partial charge is 0.0373 e. The van der Waals surface area contributed by atoms with Gasteiger partial charge in [-0.3, -0.25) is 4.98 Å². The normalized spacial score (nSPS) is 29.4. The van der Waals surface area contributed by atoms with Crippen molar-refractivity contribution in [2.24, 2.45) is 5.92 Å². The average Bonchev–Trinajstić information content (AvgIpc) is 2.43. The van der Waals surface area contributed by atoms with Crippen LogP contribution in [-0.2, 0) is 0 Å². The third-order valence-electron chi connectivity index (χ3n) is 3.29. The molecule has 2 atom stereocenters. The van der Waals surface area contributed by atoms with Gasteiger partial charge in [0.1, 0.15) is 0 Å². The summed E-state index contributed by atoms with van der Waals surface area (Å²) in [6.45, 7) is 3.21. The Bertz CT molecular complexity index is 378. The van der Waals surface area contributed by atoms with Gasteiger partial charge in [-0.15, -0.1) is 0 Å². The number of nitrogens with one attached hydrogen (secondary N) is 1. The highest BCUT2D eigenvalue weighted by Gasteiger charge is 2.36. The van der Waals surface area contributed by atoms with Crippen LogP contribution in [0.5, 0.6) is 0 Å². The topological polar surface area (TPSA) is 24.9 Å². The molecule has 0 radical (unpaired) electrons. The lowest BCUT2D eigenvalue weighted by molar-refractivity contribution is 0.307. The quantitative estimate of drug-likeness (QED) is 0.723. The van der Waals surface area contributed by atoms with E-state index in [-0.39, 0.29) is 0 Å². The van der Waals surface area contributed by atoms with Gasteiger partial charge in [-0.25, -0.2) is 0 Å². The number of fused-ring (bicyclic) bond motifs is 1. The van der Waals surface area contributed by atoms with Gasteiger partial charge in [-0.05, 0) is 36.5 Å². The van der Waals surface area contributed by atoms with Crippen LogP contribution in [0.4, 0.5) is 0 Å². The van der Waals surface area contributed by atoms with Gasteiger partial charge in [0.2, 0.25) is 0 Å². The Morgan fingerprint density at radius 3 is 2.93 bits per heavy atom. The van der Waals surface area contributed by atoms with Crippen LogP contribution in [0.25, 0.3) is 5.57 Å². The molecule has 2 aliphatic rings. The summed E-state index contributed by atoms with van der Waals surface area (Å²) < 4.78 is 0. The molecule has 1 aliphatic carbocycles. The standard InChI is InChI=1S/C12H14N2/c1-8-2-3-9(6-13-8)11-5-4-10-7-14-12(10)11/h2-3,5-6,10,12,14H,4,7H2,1H3. The van der Waals surface area contributed by atoms with Crippen molar-refractivity contribution in [3.05, 3.63) is 35.7 Å². The monoisotopic (exact) mass is 186 g/mol. The Hall–Kier alpha value is -1.15. The van der Waals surface area contributed by atoms with Crippen molar-refractivity contribution < 1.29 is 0 Å². The minimum atomic E-state index is 0.611. The van der Waals surface area contributed by atoms with Crippen LogP contribution in [-0.4, -0.2) is 17.6 Å². The van der Waals surface area contributed by atoms with Gasteiger partial charge in [0.25, 0.3) is 0 Å². The molecule has 3 rings (SSSR count). The van der Waals surface area contributed by atoms with Gasteiger partial charge in [0, 0.05) is 24.5 Å². The molecule has 0 amide bonds. The van der Waals surface area contributed by atoms with Crippen molar-refractivity contribution in [3.8, 4) is 0 Å². The first-order chi connectivity index (χ1) is 6.84. The van der Waals surface area contributed by atoms with E-state index in [2.05, 4.69) is 28.5 Å². The molecule has 2 unspecified atom stereocenters. The third-order valence-corrected chi connectivity index (χ3v) is 3.29. The van der Waals surface area contributed by atoms with Crippen LogP contribution in [0.15, 0.2) is 24.4 Å². The first-order valence-corrected chi connectivity index (χ1v) is 5.21. The molecular formula is C12H14N2. The number of pyridine rings is 1. The summed E-state index contributed by atoms with van der Waals surface area (Å²) in [6, 6.07) is 4.87. The lowest BCUT2D eigenvalue weighted by atomic mass is 9.89. The van der Waals surface area contributed by atoms with E-state index in [0.29, 0.717) is 6.04 Å². The van der Waals surface area contributed by atoms with Crippen LogP contribution < -0.4 is 5.32 Å². The van der Waals surface area contributed by atoms with Gasteiger partial charge in [0.05, 0.1) is 0 Å². The number of hydrogen-bond acceptors (Lipinski definition) is 2. The minimum Gasteiger partial charge on any atom is -0.309 e. The summed E-state index contributed by atoms with van der Waals surface area (Å²) in [6.07, 6.45) is 5.59. The van der Waals surface area contributed by atoms with Gasteiger partial charge in [-0.1, -0.05) is 12.1 Å². The lowest BCUT2D eigenvalue weighted by Gasteiger charge is -2.34. The highest BCUT2D eigenvalue weighted by molar-refractivity contribution is 5.72. The predicted octanol–water partition coefficient (Wildman–Crippen LogP) is 1.77. The van der Waals surface area contributed by atoms with E-state index in [1.54, 1.807) is 0 Å². The maximum Gasteiger partial charge on any atom is 0.0373 e. The fraction of sp³-hybridized carbons (Fsp3) is 0.417. The van der Waals surface area contributed by atoms with E-state index in [1.165, 1.54) is 24.1 Å². The predicted molar refractivity (Wildman–Crippen MR) is 56.8 cm³/mol. The molecular weight excluding hydrogens is 172 g/mol. The van der Waals surface area contributed by atoms with Crippen LogP contribution in [0.2, 0.25) is 0 Å². The van der Waals surface area contributed by atoms with E-state index in [9.17, 15) is 0 Å². The maximum atomic E-state index is 4.34. The summed E-state index contributed by atoms with van der Waals surface area (Å²) in [5, 5.41) is 3.47. The van der Waals surface area contributed by atoms with E-state index in [0.717, 1.165) is 11.6 Å². The lowest BCUT2D eigenvalue weighted by Crippen LogP contribution is -2.50. The van der Waals surface area contributed by atoms with Crippen molar-refractivity contribution in [3.63, 3.8) is 0 Å². The zero-order chi connectivity index (χ0) is 9.54. The Morgan fingerprint density at radius 1 is 1.43 bits per heavy atom. The Balaban J connectivity index is 1.92. The van der Waals surface area contributed by atoms with Gasteiger partial charge >= 0.3 is 0 Å². The molecule has 1 aromatic heterocycles. The zero-order valence-electron chi connectivity index (χ0n) is 8.33. The molecule has 1 fully saturated rings. The summed E-state index contributed by atoms with van der Waals surface area (Å²) >= 11 is 0. The van der Waals surface area contributed by atoms with Crippen LogP contribution in [0.1, 0.15) is 17.7 Å². The van der Waals surface area contributed by atoms with Crippen molar-refractivity contribution in [1.82, 2.24) is 10.3 Å². The molecule has 2 heterocycles. The number of hydrogen-bond donors (Lipinski definition) is 1. The van der Waals surface area contributed by atoms with E-state index >= 15 is 0 Å². The highest BCUT2D eigenvalue weighted by atomic mass is 15.0. The summed E-state index contributed by atoms with van der Waals surface area (Å²) in [4.78, 5) is 4.34. The number of rotatable bonds is 1. The molecule has 1 aliphatic heterocycles. The second-order valence-electron chi connectivity index (χ2n) is 4.23. The molecule has 1 saturated heterocycles. The molecule has 0 spiro atoms. The first kappa shape index (κ1) is 8.18. The fourth-order valence-corrected chi connectivity index (χ4v) is 2.33. The van der Waals surface area contributed by atoms with Crippen molar-refractivity contribution in [2.75, 3.05) is 6.54 Å². The summed E-state index contributed by atoms with van der Waals surface area (Å²) in [7, 11) is 0. The molecule has 72 valence electrons. The fourth-order valence-electron chi connectivity index (χ4n) is 2.33. The molecule has 0 saturated carbocycles. The SMILES string of the molecule is Cc1ccc(C2=CCC3CNC23)cn1. The summed E-state index contributed by atoms with van der Waals surface area (Å²) in [5.41, 5.74) is 3.83. The van der Waals surface area contributed by atoms with E-state index < -0.39 is 0 Å². The van der Waals surface area contributed by atoms with Crippen molar-refractivity contribution >= 4 is 5.57 Å². The number of aryl methyl sites for hydroxylation is 1. The second kappa shape index (κ2) is 2.92. The molecule has 2 nitrogen and oxygen atoms in total. The Labute approximate surface area is 84.1 Å². The molecule has 14 heavy (non-hydrogen) atoms. The summed E-state index contributed by atoms with van der Waals surface area (Å²) in [5.74, 6) is 0.853. The Kier molecular flexibility index (Phi) is 1.71. The minimum absolute atomic E-state index is 0.611. The molecule has 1 N–H and O–H groups in total. The molecule has 0 bridgehead atoms. The zero-order valence-corrected chi connectivity index (χ0v) is 8.33. The third kappa shape index (κ3) is 1.11. The van der Waals surface area contributed by atoms with E-state index in [1.807, 2.05) is 13.1 Å². The highest BCUT2D eigenvalue weighted by Crippen LogP contribution is 2.36. The van der Waals surface area contributed by atoms with Crippen LogP contribution in [0, 0.1) is 12.8 Å². The van der Waals surface area contributed by atoms with Crippen molar-refractivity contribution in [2.45, 2.75) is 19.4 Å². The average molecular weight is 186 g/mol. The van der Waals surface area contributed by atoms with Gasteiger partial charge in [-0.2, -0.15) is 0 Å². The van der Waals surface area contributed by atoms with E-state index in [4.69, 9.17) is 0 Å². The molecule has 0 aromatic carbocycles. The second-order valence-corrected chi connectivity index (χ2v) is 4.23. The van der Waals surface area contributed by atoms with Crippen molar-refractivity contribution in [1.29, 1.82) is 0 Å².